The first-order valence-electron chi connectivity index (χ1n) is 10.8. The van der Waals surface area contributed by atoms with Crippen LogP contribution in [0.1, 0.15) is 17.5 Å². The highest BCUT2D eigenvalue weighted by atomic mass is 35.5. The van der Waals surface area contributed by atoms with Crippen molar-refractivity contribution < 1.29 is 26.8 Å². The van der Waals surface area contributed by atoms with Crippen LogP contribution in [0.15, 0.2) is 71.6 Å². The third-order valence-electron chi connectivity index (χ3n) is 5.38. The smallest absolute Gasteiger partial charge is 0.325 e. The molecule has 3 rings (SSSR count). The molecule has 0 aromatic heterocycles. The van der Waals surface area contributed by atoms with Crippen molar-refractivity contribution in [1.29, 1.82) is 0 Å². The molecule has 1 atom stereocenters. The molecule has 0 bridgehead atoms. The summed E-state index contributed by atoms with van der Waals surface area (Å²) in [6, 6.07) is 13.1. The number of aryl methyl sites for hydroxylation is 2. The van der Waals surface area contributed by atoms with E-state index < -0.39 is 39.6 Å². The first kappa shape index (κ1) is 27.1. The molecule has 0 heterocycles. The van der Waals surface area contributed by atoms with Crippen LogP contribution in [0.2, 0.25) is 5.02 Å². The molecule has 0 fully saturated rings. The molecular formula is C25H24ClF2N3O4S. The maximum Gasteiger partial charge on any atom is 0.329 e. The zero-order chi connectivity index (χ0) is 26.5. The van der Waals surface area contributed by atoms with Crippen LogP contribution in [-0.4, -0.2) is 33.4 Å². The van der Waals surface area contributed by atoms with Crippen molar-refractivity contribution in [3.8, 4) is 0 Å². The van der Waals surface area contributed by atoms with Crippen LogP contribution in [0.25, 0.3) is 0 Å². The van der Waals surface area contributed by atoms with Crippen LogP contribution in [-0.2, 0) is 21.2 Å². The van der Waals surface area contributed by atoms with Gasteiger partial charge in [-0.05, 0) is 67.3 Å². The van der Waals surface area contributed by atoms with Gasteiger partial charge in [0.2, 0.25) is 5.91 Å². The number of nitrogens with one attached hydrogen (secondary N) is 2. The van der Waals surface area contributed by atoms with Crippen molar-refractivity contribution in [3.05, 3.63) is 94.5 Å². The molecule has 36 heavy (non-hydrogen) atoms. The van der Waals surface area contributed by atoms with Crippen LogP contribution >= 0.6 is 11.6 Å². The van der Waals surface area contributed by atoms with Crippen molar-refractivity contribution in [2.24, 2.45) is 0 Å². The molecule has 3 amide bonds. The second-order valence-corrected chi connectivity index (χ2v) is 10.2. The van der Waals surface area contributed by atoms with Gasteiger partial charge in [-0.3, -0.25) is 4.79 Å². The molecule has 3 aromatic rings. The molecular weight excluding hydrogens is 512 g/mol. The summed E-state index contributed by atoms with van der Waals surface area (Å²) in [7, 11) is -2.76. The number of carbonyl (C=O) groups excluding carboxylic acids is 2. The molecule has 2 N–H and O–H groups in total. The largest absolute Gasteiger partial charge is 0.329 e. The van der Waals surface area contributed by atoms with Crippen LogP contribution in [0, 0.1) is 18.6 Å². The van der Waals surface area contributed by atoms with Crippen LogP contribution in [0.4, 0.5) is 19.3 Å². The summed E-state index contributed by atoms with van der Waals surface area (Å²) in [4.78, 5) is 27.1. The Kier molecular flexibility index (Phi) is 8.65. The first-order valence-corrected chi connectivity index (χ1v) is 12.7. The van der Waals surface area contributed by atoms with E-state index >= 15 is 0 Å². The quantitative estimate of drug-likeness (QED) is 0.441. The fourth-order valence-electron chi connectivity index (χ4n) is 3.59. The Morgan fingerprint density at radius 3 is 2.31 bits per heavy atom. The number of carbonyl (C=O) groups is 2. The molecule has 0 aliphatic rings. The number of amides is 3. The Morgan fingerprint density at radius 1 is 1.00 bits per heavy atom. The molecule has 7 nitrogen and oxygen atoms in total. The standard InChI is InChI=1S/C25H24ClF2N3O4S/c1-16-6-3-4-9-23(16)36(34,35)30-25(33)29-22(11-10-17-12-19(27)15-20(28)13-17)24(32)31(2)21-8-5-7-18(26)14-21/h3-9,12-15,22H,10-11H2,1-2H3,(H2,29,30,33)/t22-/m0/s1. The number of anilines is 1. The Morgan fingerprint density at radius 2 is 1.67 bits per heavy atom. The number of rotatable bonds is 8. The Bertz CT molecular complexity index is 1360. The van der Waals surface area contributed by atoms with Gasteiger partial charge < -0.3 is 10.2 Å². The molecule has 0 aliphatic carbocycles. The van der Waals surface area contributed by atoms with E-state index in [1.807, 2.05) is 4.72 Å². The van der Waals surface area contributed by atoms with E-state index in [9.17, 15) is 26.8 Å². The lowest BCUT2D eigenvalue weighted by atomic mass is 10.0. The third-order valence-corrected chi connectivity index (χ3v) is 7.11. The minimum absolute atomic E-state index is 0.0271. The topological polar surface area (TPSA) is 95.6 Å². The predicted octanol–water partition coefficient (Wildman–Crippen LogP) is 4.58. The van der Waals surface area contributed by atoms with Gasteiger partial charge in [-0.15, -0.1) is 0 Å². The van der Waals surface area contributed by atoms with Crippen molar-refractivity contribution in [2.75, 3.05) is 11.9 Å². The minimum atomic E-state index is -4.22. The molecule has 190 valence electrons. The maximum absolute atomic E-state index is 13.6. The number of benzene rings is 3. The number of sulfonamides is 1. The SMILES string of the molecule is Cc1ccccc1S(=O)(=O)NC(=O)N[C@@H](CCc1cc(F)cc(F)c1)C(=O)N(C)c1cccc(Cl)c1. The van der Waals surface area contributed by atoms with E-state index in [0.717, 1.165) is 18.2 Å². The van der Waals surface area contributed by atoms with Crippen molar-refractivity contribution in [3.63, 3.8) is 0 Å². The average Bonchev–Trinajstić information content (AvgIpc) is 2.80. The lowest BCUT2D eigenvalue weighted by molar-refractivity contribution is -0.120. The zero-order valence-electron chi connectivity index (χ0n) is 19.5. The van der Waals surface area contributed by atoms with E-state index in [0.29, 0.717) is 16.3 Å². The lowest BCUT2D eigenvalue weighted by Crippen LogP contribution is -2.51. The molecule has 0 radical (unpaired) electrons. The Balaban J connectivity index is 1.82. The summed E-state index contributed by atoms with van der Waals surface area (Å²) in [5.74, 6) is -2.14. The highest BCUT2D eigenvalue weighted by Gasteiger charge is 2.27. The third kappa shape index (κ3) is 7.02. The number of hydrogen-bond acceptors (Lipinski definition) is 4. The molecule has 0 saturated heterocycles. The summed E-state index contributed by atoms with van der Waals surface area (Å²) in [5.41, 5.74) is 1.13. The van der Waals surface area contributed by atoms with Crippen molar-refractivity contribution >= 4 is 39.2 Å². The summed E-state index contributed by atoms with van der Waals surface area (Å²) >= 11 is 6.02. The number of likely N-dealkylation sites (N-methyl/N-ethyl adjacent to an activating group) is 1. The molecule has 0 spiro atoms. The maximum atomic E-state index is 13.6. The molecule has 3 aromatic carbocycles. The lowest BCUT2D eigenvalue weighted by Gasteiger charge is -2.25. The van der Waals surface area contributed by atoms with E-state index in [2.05, 4.69) is 5.32 Å². The monoisotopic (exact) mass is 535 g/mol. The van der Waals surface area contributed by atoms with Crippen LogP contribution in [0.3, 0.4) is 0 Å². The second kappa shape index (κ2) is 11.5. The molecule has 0 unspecified atom stereocenters. The first-order chi connectivity index (χ1) is 17.0. The van der Waals surface area contributed by atoms with E-state index in [-0.39, 0.29) is 23.3 Å². The van der Waals surface area contributed by atoms with Gasteiger partial charge in [0.15, 0.2) is 0 Å². The van der Waals surface area contributed by atoms with Gasteiger partial charge in [-0.2, -0.15) is 0 Å². The van der Waals surface area contributed by atoms with Gasteiger partial charge in [0, 0.05) is 23.8 Å². The summed E-state index contributed by atoms with van der Waals surface area (Å²) in [6.45, 7) is 1.58. The van der Waals surface area contributed by atoms with E-state index in [1.165, 1.54) is 24.1 Å². The van der Waals surface area contributed by atoms with Gasteiger partial charge in [-0.1, -0.05) is 35.9 Å². The molecule has 11 heteroatoms. The van der Waals surface area contributed by atoms with Crippen LogP contribution < -0.4 is 14.9 Å². The molecule has 0 aliphatic heterocycles. The van der Waals surface area contributed by atoms with Crippen LogP contribution in [0.5, 0.6) is 0 Å². The fraction of sp³-hybridized carbons (Fsp3) is 0.200. The fourth-order valence-corrected chi connectivity index (χ4v) is 4.94. The van der Waals surface area contributed by atoms with Crippen molar-refractivity contribution in [1.82, 2.24) is 10.0 Å². The highest BCUT2D eigenvalue weighted by Crippen LogP contribution is 2.20. The number of nitrogens with zero attached hydrogens (tertiary/aromatic N) is 1. The van der Waals surface area contributed by atoms with Crippen molar-refractivity contribution in [2.45, 2.75) is 30.7 Å². The number of urea groups is 1. The van der Waals surface area contributed by atoms with Gasteiger partial charge in [-0.25, -0.2) is 26.7 Å². The minimum Gasteiger partial charge on any atom is -0.325 e. The average molecular weight is 536 g/mol. The number of halogens is 3. The van der Waals surface area contributed by atoms with E-state index in [1.54, 1.807) is 43.3 Å². The Hall–Kier alpha value is -3.50. The normalized spacial score (nSPS) is 12.0. The summed E-state index contributed by atoms with van der Waals surface area (Å²) < 4.78 is 54.5. The highest BCUT2D eigenvalue weighted by molar-refractivity contribution is 7.90. The van der Waals surface area contributed by atoms with Gasteiger partial charge in [0.25, 0.3) is 10.0 Å². The molecule has 0 saturated carbocycles. The predicted molar refractivity (Wildman–Crippen MR) is 133 cm³/mol. The summed E-state index contributed by atoms with van der Waals surface area (Å²) in [5, 5.41) is 2.77. The second-order valence-electron chi connectivity index (χ2n) is 8.09. The van der Waals surface area contributed by atoms with Gasteiger partial charge >= 0.3 is 6.03 Å². The number of hydrogen-bond donors (Lipinski definition) is 2. The summed E-state index contributed by atoms with van der Waals surface area (Å²) in [6.07, 6.45) is -0.0379. The van der Waals surface area contributed by atoms with E-state index in [4.69, 9.17) is 11.6 Å². The Labute approximate surface area is 213 Å². The van der Waals surface area contributed by atoms with Gasteiger partial charge in [0.1, 0.15) is 17.7 Å². The zero-order valence-corrected chi connectivity index (χ0v) is 21.0. The van der Waals surface area contributed by atoms with Gasteiger partial charge in [0.05, 0.1) is 4.90 Å².